The van der Waals surface area contributed by atoms with Crippen LogP contribution in [0.25, 0.3) is 0 Å². The number of nitrogens with zero attached hydrogens (tertiary/aromatic N) is 1. The summed E-state index contributed by atoms with van der Waals surface area (Å²) in [7, 11) is -3.01. The quantitative estimate of drug-likeness (QED) is 0.305. The molecule has 3 N–H and O–H groups in total. The van der Waals surface area contributed by atoms with Gasteiger partial charge in [-0.3, -0.25) is 0 Å². The number of halogens is 1. The largest absolute Gasteiger partial charge is 0.384 e. The third kappa shape index (κ3) is 8.29. The topological polar surface area (TPSA) is 90.8 Å². The van der Waals surface area contributed by atoms with Gasteiger partial charge >= 0.3 is 0 Å². The van der Waals surface area contributed by atoms with Crippen LogP contribution in [0, 0.1) is 0 Å². The number of benzene rings is 1. The first-order valence-electron chi connectivity index (χ1n) is 7.81. The number of guanidine groups is 1. The summed E-state index contributed by atoms with van der Waals surface area (Å²) in [6, 6.07) is 9.33. The lowest BCUT2D eigenvalue weighted by Crippen LogP contribution is -2.41. The second-order valence-electron chi connectivity index (χ2n) is 5.50. The molecule has 0 radical (unpaired) electrons. The number of hydrogen-bond acceptors (Lipinski definition) is 4. The van der Waals surface area contributed by atoms with E-state index < -0.39 is 15.4 Å². The molecule has 1 aromatic rings. The molecule has 0 bridgehead atoms. The maximum atomic E-state index is 11.5. The molecule has 0 amide bonds. The predicted octanol–water partition coefficient (Wildman–Crippen LogP) is 1.50. The number of rotatable bonds is 8. The minimum absolute atomic E-state index is 0. The van der Waals surface area contributed by atoms with Crippen molar-refractivity contribution in [3.05, 3.63) is 35.9 Å². The van der Waals surface area contributed by atoms with Crippen molar-refractivity contribution in [2.75, 3.05) is 31.1 Å². The normalized spacial score (nSPS) is 14.4. The molecule has 0 aliphatic carbocycles. The summed E-state index contributed by atoms with van der Waals surface area (Å²) in [6.45, 7) is 6.38. The van der Waals surface area contributed by atoms with Crippen LogP contribution in [0.3, 0.4) is 0 Å². The summed E-state index contributed by atoms with van der Waals surface area (Å²) in [5.41, 5.74) is -0.299. The molecule has 1 atom stereocenters. The molecule has 0 aliphatic heterocycles. The van der Waals surface area contributed by atoms with Gasteiger partial charge in [0.25, 0.3) is 0 Å². The first-order valence-corrected chi connectivity index (χ1v) is 9.63. The van der Waals surface area contributed by atoms with E-state index in [1.54, 1.807) is 13.8 Å². The Morgan fingerprint density at radius 1 is 1.21 bits per heavy atom. The van der Waals surface area contributed by atoms with Gasteiger partial charge in [0.1, 0.15) is 5.60 Å². The monoisotopic (exact) mass is 469 g/mol. The van der Waals surface area contributed by atoms with Crippen LogP contribution < -0.4 is 10.6 Å². The van der Waals surface area contributed by atoms with E-state index >= 15 is 0 Å². The van der Waals surface area contributed by atoms with Gasteiger partial charge in [-0.2, -0.15) is 0 Å². The Morgan fingerprint density at radius 3 is 2.38 bits per heavy atom. The van der Waals surface area contributed by atoms with E-state index in [9.17, 15) is 13.5 Å². The van der Waals surface area contributed by atoms with Crippen LogP contribution in [-0.2, 0) is 15.4 Å². The summed E-state index contributed by atoms with van der Waals surface area (Å²) >= 11 is 0. The van der Waals surface area contributed by atoms with Crippen LogP contribution in [-0.4, -0.2) is 50.6 Å². The number of sulfone groups is 1. The Morgan fingerprint density at radius 2 is 1.83 bits per heavy atom. The third-order valence-electron chi connectivity index (χ3n) is 3.43. The molecule has 1 unspecified atom stereocenters. The molecule has 0 aliphatic rings. The molecule has 0 aromatic heterocycles. The molecule has 0 saturated carbocycles. The fourth-order valence-electron chi connectivity index (χ4n) is 1.93. The minimum atomic E-state index is -3.01. The van der Waals surface area contributed by atoms with Gasteiger partial charge in [-0.15, -0.1) is 24.0 Å². The molecule has 6 nitrogen and oxygen atoms in total. The van der Waals surface area contributed by atoms with Gasteiger partial charge in [0.05, 0.1) is 12.3 Å². The van der Waals surface area contributed by atoms with E-state index in [4.69, 9.17) is 0 Å². The number of hydrogen-bond donors (Lipinski definition) is 3. The van der Waals surface area contributed by atoms with Crippen LogP contribution >= 0.6 is 24.0 Å². The zero-order valence-corrected chi connectivity index (χ0v) is 17.6. The van der Waals surface area contributed by atoms with Crippen molar-refractivity contribution in [2.45, 2.75) is 26.4 Å². The SMILES string of the molecule is CCNC(=NCC(C)(O)c1ccccc1)NCCS(=O)(=O)CC.I. The van der Waals surface area contributed by atoms with Gasteiger partial charge in [0, 0.05) is 18.8 Å². The highest BCUT2D eigenvalue weighted by Gasteiger charge is 2.22. The van der Waals surface area contributed by atoms with Crippen molar-refractivity contribution in [1.29, 1.82) is 0 Å². The van der Waals surface area contributed by atoms with Gasteiger partial charge in [-0.25, -0.2) is 13.4 Å². The molecule has 138 valence electrons. The van der Waals surface area contributed by atoms with E-state index in [2.05, 4.69) is 15.6 Å². The highest BCUT2D eigenvalue weighted by Crippen LogP contribution is 2.20. The first kappa shape index (κ1) is 23.1. The Labute approximate surface area is 162 Å². The number of aliphatic imine (C=N–C) groups is 1. The Balaban J connectivity index is 0.00000529. The fraction of sp³-hybridized carbons (Fsp3) is 0.562. The molecule has 0 heterocycles. The lowest BCUT2D eigenvalue weighted by Gasteiger charge is -2.22. The smallest absolute Gasteiger partial charge is 0.191 e. The van der Waals surface area contributed by atoms with Crippen LogP contribution in [0.5, 0.6) is 0 Å². The zero-order valence-electron chi connectivity index (χ0n) is 14.4. The summed E-state index contributed by atoms with van der Waals surface area (Å²) < 4.78 is 23.0. The second kappa shape index (κ2) is 10.9. The fourth-order valence-corrected chi connectivity index (χ4v) is 2.63. The molecule has 0 saturated heterocycles. The summed E-state index contributed by atoms with van der Waals surface area (Å²) in [5.74, 6) is 0.684. The van der Waals surface area contributed by atoms with Crippen LogP contribution in [0.2, 0.25) is 0 Å². The Kier molecular flexibility index (Phi) is 10.5. The maximum absolute atomic E-state index is 11.5. The van der Waals surface area contributed by atoms with E-state index in [-0.39, 0.29) is 48.6 Å². The average Bonchev–Trinajstić information content (AvgIpc) is 2.53. The van der Waals surface area contributed by atoms with Crippen molar-refractivity contribution >= 4 is 39.8 Å². The van der Waals surface area contributed by atoms with Crippen LogP contribution in [0.1, 0.15) is 26.3 Å². The van der Waals surface area contributed by atoms with Gasteiger partial charge in [0.15, 0.2) is 15.8 Å². The van der Waals surface area contributed by atoms with Gasteiger partial charge in [-0.05, 0) is 19.4 Å². The van der Waals surface area contributed by atoms with Crippen molar-refractivity contribution in [3.8, 4) is 0 Å². The van der Waals surface area contributed by atoms with E-state index in [0.29, 0.717) is 12.5 Å². The Bertz CT molecular complexity index is 604. The van der Waals surface area contributed by atoms with Crippen molar-refractivity contribution in [1.82, 2.24) is 10.6 Å². The summed E-state index contributed by atoms with van der Waals surface area (Å²) in [6.07, 6.45) is 0. The molecule has 24 heavy (non-hydrogen) atoms. The highest BCUT2D eigenvalue weighted by atomic mass is 127. The van der Waals surface area contributed by atoms with E-state index in [1.165, 1.54) is 0 Å². The maximum Gasteiger partial charge on any atom is 0.191 e. The van der Waals surface area contributed by atoms with E-state index in [0.717, 1.165) is 5.56 Å². The third-order valence-corrected chi connectivity index (χ3v) is 5.14. The number of nitrogens with one attached hydrogen (secondary N) is 2. The minimum Gasteiger partial charge on any atom is -0.384 e. The highest BCUT2D eigenvalue weighted by molar-refractivity contribution is 14.0. The van der Waals surface area contributed by atoms with Gasteiger partial charge in [-0.1, -0.05) is 37.3 Å². The molecule has 0 fully saturated rings. The van der Waals surface area contributed by atoms with Crippen LogP contribution in [0.4, 0.5) is 0 Å². The van der Waals surface area contributed by atoms with Crippen molar-refractivity contribution < 1.29 is 13.5 Å². The molecular formula is C16H28IN3O3S. The second-order valence-corrected chi connectivity index (χ2v) is 7.97. The molecule has 0 spiro atoms. The van der Waals surface area contributed by atoms with E-state index in [1.807, 2.05) is 37.3 Å². The summed E-state index contributed by atoms with van der Waals surface area (Å²) in [4.78, 5) is 4.36. The van der Waals surface area contributed by atoms with Crippen molar-refractivity contribution in [3.63, 3.8) is 0 Å². The molecule has 1 aromatic carbocycles. The lowest BCUT2D eigenvalue weighted by molar-refractivity contribution is 0.0672. The summed E-state index contributed by atoms with van der Waals surface area (Å²) in [5, 5.41) is 16.6. The van der Waals surface area contributed by atoms with Gasteiger partial charge < -0.3 is 15.7 Å². The van der Waals surface area contributed by atoms with Gasteiger partial charge in [0.2, 0.25) is 0 Å². The average molecular weight is 469 g/mol. The molecule has 8 heteroatoms. The molecular weight excluding hydrogens is 441 g/mol. The lowest BCUT2D eigenvalue weighted by atomic mass is 9.96. The molecule has 1 rings (SSSR count). The number of aliphatic hydroxyl groups is 1. The predicted molar refractivity (Wildman–Crippen MR) is 110 cm³/mol. The first-order chi connectivity index (χ1) is 10.8. The Hall–Kier alpha value is -0.870. The van der Waals surface area contributed by atoms with Crippen molar-refractivity contribution in [2.24, 2.45) is 4.99 Å². The van der Waals surface area contributed by atoms with Crippen LogP contribution in [0.15, 0.2) is 35.3 Å². The zero-order chi connectivity index (χ0) is 17.3. The standard InChI is InChI=1S/C16H27N3O3S.HI/c1-4-17-15(18-11-12-23(21,22)5-2)19-13-16(3,20)14-9-7-6-8-10-14;/h6-10,20H,4-5,11-13H2,1-3H3,(H2,17,18,19);1H.